The normalized spacial score (nSPS) is 14.3. The van der Waals surface area contributed by atoms with E-state index in [0.29, 0.717) is 44.0 Å². The second kappa shape index (κ2) is 7.79. The summed E-state index contributed by atoms with van der Waals surface area (Å²) in [6, 6.07) is 12.4. The van der Waals surface area contributed by atoms with E-state index >= 15 is 0 Å². The Labute approximate surface area is 147 Å². The number of ether oxygens (including phenoxy) is 1. The van der Waals surface area contributed by atoms with Crippen LogP contribution in [0.4, 0.5) is 0 Å². The second-order valence-corrected chi connectivity index (χ2v) is 5.76. The Balaban J connectivity index is 1.58. The first kappa shape index (κ1) is 17.0. The second-order valence-electron chi connectivity index (χ2n) is 5.76. The highest BCUT2D eigenvalue weighted by molar-refractivity contribution is 5.95. The molecular weight excluding hydrogens is 318 g/mol. The van der Waals surface area contributed by atoms with Gasteiger partial charge in [0.1, 0.15) is 11.4 Å². The molecule has 2 aromatic rings. The van der Waals surface area contributed by atoms with Crippen LogP contribution in [0, 0.1) is 0 Å². The van der Waals surface area contributed by atoms with Crippen LogP contribution in [0.5, 0.6) is 5.75 Å². The van der Waals surface area contributed by atoms with E-state index in [2.05, 4.69) is 4.98 Å². The smallest absolute Gasteiger partial charge is 0.272 e. The average molecular weight is 339 g/mol. The zero-order valence-electron chi connectivity index (χ0n) is 14.2. The zero-order chi connectivity index (χ0) is 17.6. The van der Waals surface area contributed by atoms with Gasteiger partial charge in [-0.1, -0.05) is 6.07 Å². The van der Waals surface area contributed by atoms with Crippen LogP contribution in [0.3, 0.4) is 0 Å². The number of carbonyl (C=O) groups excluding carboxylic acids is 2. The highest BCUT2D eigenvalue weighted by Crippen LogP contribution is 2.15. The number of rotatable bonds is 4. The SMILES string of the molecule is CCOc1ccc(C(=O)N2CCN(C(=O)c3ccccn3)CC2)cc1. The van der Waals surface area contributed by atoms with E-state index in [4.69, 9.17) is 4.74 Å². The van der Waals surface area contributed by atoms with Crippen molar-refractivity contribution in [3.63, 3.8) is 0 Å². The average Bonchev–Trinajstić information content (AvgIpc) is 2.68. The Morgan fingerprint density at radius 3 is 2.16 bits per heavy atom. The largest absolute Gasteiger partial charge is 0.494 e. The third kappa shape index (κ3) is 3.96. The van der Waals surface area contributed by atoms with Gasteiger partial charge in [0.05, 0.1) is 6.61 Å². The van der Waals surface area contributed by atoms with Crippen molar-refractivity contribution >= 4 is 11.8 Å². The number of aromatic nitrogens is 1. The van der Waals surface area contributed by atoms with Gasteiger partial charge in [0.2, 0.25) is 0 Å². The Hall–Kier alpha value is -2.89. The summed E-state index contributed by atoms with van der Waals surface area (Å²) in [5.41, 5.74) is 1.07. The van der Waals surface area contributed by atoms with Crippen LogP contribution in [0.1, 0.15) is 27.8 Å². The Morgan fingerprint density at radius 2 is 1.60 bits per heavy atom. The minimum atomic E-state index is -0.0891. The van der Waals surface area contributed by atoms with E-state index in [0.717, 1.165) is 5.75 Å². The maximum atomic E-state index is 12.6. The summed E-state index contributed by atoms with van der Waals surface area (Å²) in [5.74, 6) is 0.645. The summed E-state index contributed by atoms with van der Waals surface area (Å²) < 4.78 is 5.39. The van der Waals surface area contributed by atoms with Crippen molar-refractivity contribution in [2.24, 2.45) is 0 Å². The molecule has 0 saturated carbocycles. The van der Waals surface area contributed by atoms with E-state index in [1.165, 1.54) is 0 Å². The molecule has 0 radical (unpaired) electrons. The van der Waals surface area contributed by atoms with E-state index in [1.807, 2.05) is 6.92 Å². The lowest BCUT2D eigenvalue weighted by Crippen LogP contribution is -2.50. The molecule has 0 atom stereocenters. The molecule has 0 aliphatic carbocycles. The van der Waals surface area contributed by atoms with Gasteiger partial charge >= 0.3 is 0 Å². The van der Waals surface area contributed by atoms with Crippen LogP contribution in [-0.2, 0) is 0 Å². The minimum Gasteiger partial charge on any atom is -0.494 e. The van der Waals surface area contributed by atoms with Crippen molar-refractivity contribution in [2.45, 2.75) is 6.92 Å². The van der Waals surface area contributed by atoms with Gasteiger partial charge in [-0.3, -0.25) is 14.6 Å². The summed E-state index contributed by atoms with van der Waals surface area (Å²) in [5, 5.41) is 0. The molecule has 130 valence electrons. The van der Waals surface area contributed by atoms with Gasteiger partial charge in [-0.25, -0.2) is 0 Å². The Bertz CT molecular complexity index is 723. The fourth-order valence-electron chi connectivity index (χ4n) is 2.81. The zero-order valence-corrected chi connectivity index (χ0v) is 14.2. The molecule has 0 N–H and O–H groups in total. The number of pyridine rings is 1. The summed E-state index contributed by atoms with van der Waals surface area (Å²) in [6.07, 6.45) is 1.61. The van der Waals surface area contributed by atoms with Crippen molar-refractivity contribution in [3.8, 4) is 5.75 Å². The quantitative estimate of drug-likeness (QED) is 0.856. The highest BCUT2D eigenvalue weighted by Gasteiger charge is 2.25. The number of piperazine rings is 1. The third-order valence-electron chi connectivity index (χ3n) is 4.15. The number of carbonyl (C=O) groups is 2. The van der Waals surface area contributed by atoms with Crippen molar-refractivity contribution in [1.82, 2.24) is 14.8 Å². The van der Waals surface area contributed by atoms with E-state index in [1.54, 1.807) is 58.5 Å². The highest BCUT2D eigenvalue weighted by atomic mass is 16.5. The molecule has 1 aromatic heterocycles. The van der Waals surface area contributed by atoms with Crippen LogP contribution < -0.4 is 4.74 Å². The number of amides is 2. The first-order valence-electron chi connectivity index (χ1n) is 8.41. The van der Waals surface area contributed by atoms with Crippen molar-refractivity contribution in [1.29, 1.82) is 0 Å². The molecule has 6 nitrogen and oxygen atoms in total. The molecule has 0 unspecified atom stereocenters. The molecule has 1 aromatic carbocycles. The molecule has 1 fully saturated rings. The monoisotopic (exact) mass is 339 g/mol. The topological polar surface area (TPSA) is 62.7 Å². The van der Waals surface area contributed by atoms with Crippen LogP contribution in [-0.4, -0.2) is 59.4 Å². The minimum absolute atomic E-state index is 0.0204. The first-order chi connectivity index (χ1) is 12.2. The maximum Gasteiger partial charge on any atom is 0.272 e. The van der Waals surface area contributed by atoms with E-state index in [9.17, 15) is 9.59 Å². The third-order valence-corrected chi connectivity index (χ3v) is 4.15. The lowest BCUT2D eigenvalue weighted by molar-refractivity contribution is 0.0532. The predicted octanol–water partition coefficient (Wildman–Crippen LogP) is 2.08. The molecule has 25 heavy (non-hydrogen) atoms. The lowest BCUT2D eigenvalue weighted by Gasteiger charge is -2.34. The first-order valence-corrected chi connectivity index (χ1v) is 8.41. The van der Waals surface area contributed by atoms with Gasteiger partial charge in [0.25, 0.3) is 11.8 Å². The summed E-state index contributed by atoms with van der Waals surface area (Å²) in [7, 11) is 0. The lowest BCUT2D eigenvalue weighted by atomic mass is 10.1. The molecule has 0 bridgehead atoms. The molecule has 2 heterocycles. The fourth-order valence-corrected chi connectivity index (χ4v) is 2.81. The fraction of sp³-hybridized carbons (Fsp3) is 0.316. The predicted molar refractivity (Wildman–Crippen MR) is 93.7 cm³/mol. The summed E-state index contributed by atoms with van der Waals surface area (Å²) in [6.45, 7) is 4.58. The number of benzene rings is 1. The van der Waals surface area contributed by atoms with Crippen LogP contribution in [0.15, 0.2) is 48.7 Å². The van der Waals surface area contributed by atoms with E-state index in [-0.39, 0.29) is 11.8 Å². The number of hydrogen-bond donors (Lipinski definition) is 0. The molecule has 2 amide bonds. The molecule has 0 spiro atoms. The van der Waals surface area contributed by atoms with Crippen LogP contribution >= 0.6 is 0 Å². The molecule has 1 aliphatic rings. The molecule has 1 saturated heterocycles. The molecule has 3 rings (SSSR count). The van der Waals surface area contributed by atoms with Gasteiger partial charge in [0.15, 0.2) is 0 Å². The van der Waals surface area contributed by atoms with Crippen LogP contribution in [0.2, 0.25) is 0 Å². The number of hydrogen-bond acceptors (Lipinski definition) is 4. The van der Waals surface area contributed by atoms with Gasteiger partial charge in [-0.2, -0.15) is 0 Å². The number of nitrogens with zero attached hydrogens (tertiary/aromatic N) is 3. The van der Waals surface area contributed by atoms with Gasteiger partial charge in [-0.05, 0) is 43.3 Å². The molecular formula is C19H21N3O3. The summed E-state index contributed by atoms with van der Waals surface area (Å²) >= 11 is 0. The van der Waals surface area contributed by atoms with E-state index < -0.39 is 0 Å². The molecule has 1 aliphatic heterocycles. The summed E-state index contributed by atoms with van der Waals surface area (Å²) in [4.78, 5) is 32.6. The van der Waals surface area contributed by atoms with Crippen molar-refractivity contribution < 1.29 is 14.3 Å². The van der Waals surface area contributed by atoms with Gasteiger partial charge in [-0.15, -0.1) is 0 Å². The Morgan fingerprint density at radius 1 is 0.960 bits per heavy atom. The van der Waals surface area contributed by atoms with Crippen LogP contribution in [0.25, 0.3) is 0 Å². The standard InChI is InChI=1S/C19H21N3O3/c1-2-25-16-8-6-15(7-9-16)18(23)21-11-13-22(14-12-21)19(24)17-5-3-4-10-20-17/h3-10H,2,11-14H2,1H3. The van der Waals surface area contributed by atoms with Crippen molar-refractivity contribution in [3.05, 3.63) is 59.9 Å². The maximum absolute atomic E-state index is 12.6. The molecule has 6 heteroatoms. The Kier molecular flexibility index (Phi) is 5.28. The van der Waals surface area contributed by atoms with Crippen molar-refractivity contribution in [2.75, 3.05) is 32.8 Å². The van der Waals surface area contributed by atoms with Gasteiger partial charge in [0, 0.05) is 37.9 Å². The van der Waals surface area contributed by atoms with Gasteiger partial charge < -0.3 is 14.5 Å².